The number of hydrogen-bond acceptors (Lipinski definition) is 6. The Morgan fingerprint density at radius 2 is 1.97 bits per heavy atom. The molecule has 1 atom stereocenters. The largest absolute Gasteiger partial charge is 0.491 e. The van der Waals surface area contributed by atoms with Gasteiger partial charge in [-0.3, -0.25) is 15.1 Å². The molecule has 0 saturated carbocycles. The van der Waals surface area contributed by atoms with Crippen LogP contribution in [0.2, 0.25) is 5.02 Å². The molecule has 0 aliphatic rings. The van der Waals surface area contributed by atoms with Crippen LogP contribution >= 0.6 is 22.9 Å². The Kier molecular flexibility index (Phi) is 6.48. The Balaban J connectivity index is 1.57. The number of benzene rings is 2. The monoisotopic (exact) mass is 469 g/mol. The molecule has 0 aliphatic heterocycles. The van der Waals surface area contributed by atoms with Crippen LogP contribution in [0, 0.1) is 13.8 Å². The summed E-state index contributed by atoms with van der Waals surface area (Å²) < 4.78 is 12.7. The molecule has 0 fully saturated rings. The van der Waals surface area contributed by atoms with Crippen LogP contribution in [-0.4, -0.2) is 28.6 Å². The van der Waals surface area contributed by atoms with E-state index in [1.54, 1.807) is 13.1 Å². The summed E-state index contributed by atoms with van der Waals surface area (Å²) in [5, 5.41) is 4.97. The lowest BCUT2D eigenvalue weighted by atomic mass is 10.1. The molecule has 32 heavy (non-hydrogen) atoms. The molecule has 2 heterocycles. The number of ether oxygens (including phenoxy) is 2. The van der Waals surface area contributed by atoms with Crippen molar-refractivity contribution in [3.05, 3.63) is 52.7 Å². The Bertz CT molecular complexity index is 1280. The standard InChI is InChI=1S/C24H24ClN3O3S/c1-5-9-30-18-12-19-22(17-7-6-8-26-21(17)18)27-24(32-19)28-23(29)15(4)31-16-10-13(2)20(25)14(3)11-16/h6-8,10-12,15H,5,9H2,1-4H3,(H,27,28,29). The number of amides is 1. The molecule has 1 amide bonds. The minimum absolute atomic E-state index is 0.279. The summed E-state index contributed by atoms with van der Waals surface area (Å²) in [6, 6.07) is 9.43. The Morgan fingerprint density at radius 3 is 2.69 bits per heavy atom. The second-order valence-electron chi connectivity index (χ2n) is 7.61. The lowest BCUT2D eigenvalue weighted by molar-refractivity contribution is -0.122. The van der Waals surface area contributed by atoms with Gasteiger partial charge in [-0.15, -0.1) is 0 Å². The van der Waals surface area contributed by atoms with Gasteiger partial charge in [0, 0.05) is 22.7 Å². The van der Waals surface area contributed by atoms with E-state index >= 15 is 0 Å². The van der Waals surface area contributed by atoms with Crippen molar-refractivity contribution in [2.75, 3.05) is 11.9 Å². The number of carbonyl (C=O) groups is 1. The lowest BCUT2D eigenvalue weighted by Gasteiger charge is -2.15. The second kappa shape index (κ2) is 9.30. The number of aryl methyl sites for hydroxylation is 2. The molecule has 0 aliphatic carbocycles. The molecule has 1 N–H and O–H groups in total. The van der Waals surface area contributed by atoms with E-state index < -0.39 is 6.10 Å². The highest BCUT2D eigenvalue weighted by Crippen LogP contribution is 2.36. The maximum atomic E-state index is 12.8. The van der Waals surface area contributed by atoms with E-state index in [9.17, 15) is 4.79 Å². The van der Waals surface area contributed by atoms with Gasteiger partial charge in [0.15, 0.2) is 11.2 Å². The van der Waals surface area contributed by atoms with Crippen LogP contribution in [-0.2, 0) is 4.79 Å². The molecule has 8 heteroatoms. The zero-order valence-electron chi connectivity index (χ0n) is 18.4. The molecule has 0 bridgehead atoms. The molecule has 1 unspecified atom stereocenters. The van der Waals surface area contributed by atoms with Crippen molar-refractivity contribution in [3.8, 4) is 11.5 Å². The van der Waals surface area contributed by atoms with Crippen LogP contribution in [0.5, 0.6) is 11.5 Å². The fourth-order valence-corrected chi connectivity index (χ4v) is 4.44. The maximum absolute atomic E-state index is 12.8. The topological polar surface area (TPSA) is 73.3 Å². The van der Waals surface area contributed by atoms with E-state index in [1.807, 2.05) is 44.2 Å². The molecule has 4 aromatic rings. The molecule has 6 nitrogen and oxygen atoms in total. The number of hydrogen-bond donors (Lipinski definition) is 1. The molecule has 0 saturated heterocycles. The van der Waals surface area contributed by atoms with Crippen LogP contribution in [0.1, 0.15) is 31.4 Å². The van der Waals surface area contributed by atoms with Crippen LogP contribution in [0.3, 0.4) is 0 Å². The number of rotatable bonds is 7. The highest BCUT2D eigenvalue weighted by molar-refractivity contribution is 7.22. The summed E-state index contributed by atoms with van der Waals surface area (Å²) in [7, 11) is 0. The summed E-state index contributed by atoms with van der Waals surface area (Å²) in [5.74, 6) is 1.05. The number of halogens is 1. The second-order valence-corrected chi connectivity index (χ2v) is 9.02. The minimum atomic E-state index is -0.705. The predicted octanol–water partition coefficient (Wildman–Crippen LogP) is 6.31. The van der Waals surface area contributed by atoms with Crippen LogP contribution in [0.4, 0.5) is 5.13 Å². The number of nitrogens with one attached hydrogen (secondary N) is 1. The van der Waals surface area contributed by atoms with Gasteiger partial charge in [-0.05, 0) is 62.6 Å². The molecule has 2 aromatic heterocycles. The maximum Gasteiger partial charge on any atom is 0.266 e. The van der Waals surface area contributed by atoms with Gasteiger partial charge in [0.1, 0.15) is 17.0 Å². The van der Waals surface area contributed by atoms with Gasteiger partial charge in [0.2, 0.25) is 0 Å². The third-order valence-electron chi connectivity index (χ3n) is 5.00. The van der Waals surface area contributed by atoms with Crippen molar-refractivity contribution in [1.82, 2.24) is 9.97 Å². The highest BCUT2D eigenvalue weighted by atomic mass is 35.5. The van der Waals surface area contributed by atoms with E-state index in [-0.39, 0.29) is 5.91 Å². The van der Waals surface area contributed by atoms with Gasteiger partial charge in [-0.1, -0.05) is 29.9 Å². The minimum Gasteiger partial charge on any atom is -0.491 e. The van der Waals surface area contributed by atoms with Crippen molar-refractivity contribution in [2.45, 2.75) is 40.2 Å². The normalized spacial score (nSPS) is 12.2. The Morgan fingerprint density at radius 1 is 1.22 bits per heavy atom. The third-order valence-corrected chi connectivity index (χ3v) is 6.51. The number of anilines is 1. The summed E-state index contributed by atoms with van der Waals surface area (Å²) in [4.78, 5) is 21.9. The van der Waals surface area contributed by atoms with Crippen molar-refractivity contribution in [1.29, 1.82) is 0 Å². The molecule has 0 spiro atoms. The fraction of sp³-hybridized carbons (Fsp3) is 0.292. The first kappa shape index (κ1) is 22.3. The van der Waals surface area contributed by atoms with Gasteiger partial charge in [0.25, 0.3) is 5.91 Å². The van der Waals surface area contributed by atoms with Gasteiger partial charge >= 0.3 is 0 Å². The molecule has 2 aromatic carbocycles. The third kappa shape index (κ3) is 4.49. The van der Waals surface area contributed by atoms with Crippen LogP contribution in [0.15, 0.2) is 36.5 Å². The van der Waals surface area contributed by atoms with Gasteiger partial charge in [-0.25, -0.2) is 4.98 Å². The first-order chi connectivity index (χ1) is 15.4. The first-order valence-corrected chi connectivity index (χ1v) is 11.6. The van der Waals surface area contributed by atoms with Gasteiger partial charge in [-0.2, -0.15) is 0 Å². The van der Waals surface area contributed by atoms with E-state index in [1.165, 1.54) is 11.3 Å². The molecule has 166 valence electrons. The van der Waals surface area contributed by atoms with Crippen LogP contribution < -0.4 is 14.8 Å². The summed E-state index contributed by atoms with van der Waals surface area (Å²) in [5.41, 5.74) is 3.36. The summed E-state index contributed by atoms with van der Waals surface area (Å²) in [6.45, 7) is 8.19. The predicted molar refractivity (Wildman–Crippen MR) is 130 cm³/mol. The number of nitrogens with zero attached hydrogens (tertiary/aromatic N) is 2. The van der Waals surface area contributed by atoms with Crippen molar-refractivity contribution in [2.24, 2.45) is 0 Å². The molecular formula is C24H24ClN3O3S. The smallest absolute Gasteiger partial charge is 0.266 e. The number of aromatic nitrogens is 2. The number of pyridine rings is 1. The van der Waals surface area contributed by atoms with Gasteiger partial charge in [0.05, 0.1) is 16.8 Å². The zero-order valence-corrected chi connectivity index (χ0v) is 19.9. The van der Waals surface area contributed by atoms with Crippen molar-refractivity contribution < 1.29 is 14.3 Å². The Hall–Kier alpha value is -2.90. The van der Waals surface area contributed by atoms with Crippen molar-refractivity contribution >= 4 is 55.1 Å². The van der Waals surface area contributed by atoms with Crippen molar-refractivity contribution in [3.63, 3.8) is 0 Å². The lowest BCUT2D eigenvalue weighted by Crippen LogP contribution is -2.30. The average molecular weight is 470 g/mol. The van der Waals surface area contributed by atoms with E-state index in [4.69, 9.17) is 21.1 Å². The quantitative estimate of drug-likeness (QED) is 0.343. The molecule has 4 rings (SSSR count). The summed E-state index contributed by atoms with van der Waals surface area (Å²) >= 11 is 7.61. The zero-order chi connectivity index (χ0) is 22.8. The fourth-order valence-electron chi connectivity index (χ4n) is 3.42. The number of thiazole rings is 1. The van der Waals surface area contributed by atoms with Gasteiger partial charge < -0.3 is 9.47 Å². The van der Waals surface area contributed by atoms with Crippen LogP contribution in [0.25, 0.3) is 21.1 Å². The van der Waals surface area contributed by atoms with E-state index in [2.05, 4.69) is 22.2 Å². The highest BCUT2D eigenvalue weighted by Gasteiger charge is 2.19. The molecule has 0 radical (unpaired) electrons. The van der Waals surface area contributed by atoms with E-state index in [0.717, 1.165) is 44.4 Å². The number of fused-ring (bicyclic) bond motifs is 3. The first-order valence-electron chi connectivity index (χ1n) is 10.4. The number of carbonyl (C=O) groups excluding carboxylic acids is 1. The summed E-state index contributed by atoms with van der Waals surface area (Å²) in [6.07, 6.45) is 1.94. The SMILES string of the molecule is CCCOc1cc2sc(NC(=O)C(C)Oc3cc(C)c(Cl)c(C)c3)nc2c2cccnc12. The van der Waals surface area contributed by atoms with E-state index in [0.29, 0.717) is 22.5 Å². The Labute approximate surface area is 195 Å². The molecular weight excluding hydrogens is 446 g/mol. The average Bonchev–Trinajstić information content (AvgIpc) is 3.18.